The molecule has 0 radical (unpaired) electrons. The number of anilines is 1. The molecule has 1 unspecified atom stereocenters. The second kappa shape index (κ2) is 10.3. The van der Waals surface area contributed by atoms with E-state index in [1.165, 1.54) is 12.1 Å². The summed E-state index contributed by atoms with van der Waals surface area (Å²) in [7, 11) is 0. The molecular weight excluding hydrogens is 445 g/mol. The number of carbonyl (C=O) groups is 3. The molecule has 1 aliphatic heterocycles. The number of hydrogen-bond donors (Lipinski definition) is 2. The molecule has 8 nitrogen and oxygen atoms in total. The van der Waals surface area contributed by atoms with Crippen molar-refractivity contribution in [3.8, 4) is 0 Å². The SMILES string of the molecule is O=C(Nc1ccccc1)c1nnc(C(=O)N2CCCC(C(=O)NCc3ccc(F)cc3)C2)s1. The number of carbonyl (C=O) groups excluding carboxylic acids is 3. The third-order valence-electron chi connectivity index (χ3n) is 5.29. The molecule has 2 heterocycles. The van der Waals surface area contributed by atoms with Gasteiger partial charge < -0.3 is 15.5 Å². The Morgan fingerprint density at radius 3 is 2.52 bits per heavy atom. The molecule has 3 aromatic rings. The normalized spacial score (nSPS) is 15.7. The van der Waals surface area contributed by atoms with Crippen molar-refractivity contribution < 1.29 is 18.8 Å². The molecule has 1 saturated heterocycles. The molecule has 10 heteroatoms. The average molecular weight is 468 g/mol. The molecule has 2 aromatic carbocycles. The first-order chi connectivity index (χ1) is 16.0. The van der Waals surface area contributed by atoms with Gasteiger partial charge in [0, 0.05) is 25.3 Å². The highest BCUT2D eigenvalue weighted by atomic mass is 32.1. The third kappa shape index (κ3) is 5.78. The number of aromatic nitrogens is 2. The Bertz CT molecular complexity index is 1140. The molecule has 0 bridgehead atoms. The van der Waals surface area contributed by atoms with Gasteiger partial charge in [-0.05, 0) is 42.7 Å². The van der Waals surface area contributed by atoms with Crippen LogP contribution in [0.15, 0.2) is 54.6 Å². The summed E-state index contributed by atoms with van der Waals surface area (Å²) in [5, 5.41) is 13.5. The Morgan fingerprint density at radius 2 is 1.76 bits per heavy atom. The molecular formula is C23H22FN5O3S. The van der Waals surface area contributed by atoms with Gasteiger partial charge in [0.05, 0.1) is 5.92 Å². The second-order valence-corrected chi connectivity index (χ2v) is 8.64. The van der Waals surface area contributed by atoms with E-state index in [0.717, 1.165) is 16.9 Å². The van der Waals surface area contributed by atoms with Crippen LogP contribution in [0.25, 0.3) is 0 Å². The first-order valence-electron chi connectivity index (χ1n) is 10.5. The van der Waals surface area contributed by atoms with Crippen LogP contribution in [0.1, 0.15) is 38.0 Å². The van der Waals surface area contributed by atoms with Crippen LogP contribution in [-0.2, 0) is 11.3 Å². The van der Waals surface area contributed by atoms with Crippen molar-refractivity contribution in [3.05, 3.63) is 76.0 Å². The number of rotatable bonds is 6. The first kappa shape index (κ1) is 22.5. The monoisotopic (exact) mass is 467 g/mol. The number of para-hydroxylation sites is 1. The zero-order chi connectivity index (χ0) is 23.2. The molecule has 4 rings (SSSR count). The molecule has 0 saturated carbocycles. The number of hydrogen-bond acceptors (Lipinski definition) is 6. The lowest BCUT2D eigenvalue weighted by Gasteiger charge is -2.31. The average Bonchev–Trinajstić information content (AvgIpc) is 3.34. The van der Waals surface area contributed by atoms with E-state index in [2.05, 4.69) is 20.8 Å². The van der Waals surface area contributed by atoms with Crippen LogP contribution >= 0.6 is 11.3 Å². The zero-order valence-electron chi connectivity index (χ0n) is 17.7. The van der Waals surface area contributed by atoms with Crippen LogP contribution in [0, 0.1) is 11.7 Å². The summed E-state index contributed by atoms with van der Waals surface area (Å²) in [4.78, 5) is 39.5. The van der Waals surface area contributed by atoms with E-state index in [-0.39, 0.29) is 40.1 Å². The van der Waals surface area contributed by atoms with Crippen molar-refractivity contribution >= 4 is 34.7 Å². The zero-order valence-corrected chi connectivity index (χ0v) is 18.5. The molecule has 3 amide bonds. The van der Waals surface area contributed by atoms with Gasteiger partial charge in [-0.15, -0.1) is 10.2 Å². The molecule has 1 aromatic heterocycles. The molecule has 0 aliphatic carbocycles. The van der Waals surface area contributed by atoms with E-state index in [0.29, 0.717) is 31.6 Å². The van der Waals surface area contributed by atoms with Crippen molar-refractivity contribution in [2.45, 2.75) is 19.4 Å². The van der Waals surface area contributed by atoms with Crippen LogP contribution in [0.3, 0.4) is 0 Å². The Balaban J connectivity index is 1.33. The minimum atomic E-state index is -0.436. The highest BCUT2D eigenvalue weighted by Crippen LogP contribution is 2.21. The maximum atomic E-state index is 13.0. The number of nitrogens with zero attached hydrogens (tertiary/aromatic N) is 3. The topological polar surface area (TPSA) is 104 Å². The summed E-state index contributed by atoms with van der Waals surface area (Å²) in [5.74, 6) is -1.62. The Labute approximate surface area is 193 Å². The van der Waals surface area contributed by atoms with Crippen LogP contribution in [0.2, 0.25) is 0 Å². The number of amides is 3. The lowest BCUT2D eigenvalue weighted by molar-refractivity contribution is -0.126. The van der Waals surface area contributed by atoms with E-state index in [9.17, 15) is 18.8 Å². The fourth-order valence-electron chi connectivity index (χ4n) is 3.55. The second-order valence-electron chi connectivity index (χ2n) is 7.67. The summed E-state index contributed by atoms with van der Waals surface area (Å²) in [6.07, 6.45) is 1.35. The fraction of sp³-hybridized carbons (Fsp3) is 0.261. The predicted octanol–water partition coefficient (Wildman–Crippen LogP) is 3.10. The molecule has 1 aliphatic rings. The number of likely N-dealkylation sites (tertiary alicyclic amines) is 1. The first-order valence-corrected chi connectivity index (χ1v) is 11.3. The summed E-state index contributed by atoms with van der Waals surface area (Å²) in [6, 6.07) is 14.9. The van der Waals surface area contributed by atoms with Gasteiger partial charge in [-0.1, -0.05) is 41.7 Å². The van der Waals surface area contributed by atoms with Crippen molar-refractivity contribution in [1.29, 1.82) is 0 Å². The number of benzene rings is 2. The van der Waals surface area contributed by atoms with Crippen LogP contribution in [0.4, 0.5) is 10.1 Å². The quantitative estimate of drug-likeness (QED) is 0.580. The van der Waals surface area contributed by atoms with Crippen molar-refractivity contribution in [2.75, 3.05) is 18.4 Å². The number of halogens is 1. The smallest absolute Gasteiger partial charge is 0.286 e. The Morgan fingerprint density at radius 1 is 1.03 bits per heavy atom. The lowest BCUT2D eigenvalue weighted by Crippen LogP contribution is -2.45. The number of piperidine rings is 1. The minimum absolute atomic E-state index is 0.0906. The van der Waals surface area contributed by atoms with Gasteiger partial charge in [0.1, 0.15) is 5.82 Å². The van der Waals surface area contributed by atoms with E-state index in [1.54, 1.807) is 41.3 Å². The van der Waals surface area contributed by atoms with Gasteiger partial charge in [0.25, 0.3) is 11.8 Å². The summed E-state index contributed by atoms with van der Waals surface area (Å²) < 4.78 is 13.0. The summed E-state index contributed by atoms with van der Waals surface area (Å²) >= 11 is 0.924. The van der Waals surface area contributed by atoms with Crippen LogP contribution in [-0.4, -0.2) is 45.9 Å². The van der Waals surface area contributed by atoms with E-state index in [1.807, 2.05) is 6.07 Å². The highest BCUT2D eigenvalue weighted by Gasteiger charge is 2.30. The summed E-state index contributed by atoms with van der Waals surface area (Å²) in [5.41, 5.74) is 1.42. The van der Waals surface area contributed by atoms with Gasteiger partial charge in [0.15, 0.2) is 0 Å². The van der Waals surface area contributed by atoms with Gasteiger partial charge in [-0.3, -0.25) is 14.4 Å². The number of nitrogens with one attached hydrogen (secondary N) is 2. The summed E-state index contributed by atoms with van der Waals surface area (Å²) in [6.45, 7) is 1.06. The molecule has 0 spiro atoms. The molecule has 33 heavy (non-hydrogen) atoms. The van der Waals surface area contributed by atoms with Crippen molar-refractivity contribution in [1.82, 2.24) is 20.4 Å². The van der Waals surface area contributed by atoms with E-state index < -0.39 is 5.91 Å². The van der Waals surface area contributed by atoms with Gasteiger partial charge in [-0.2, -0.15) is 0 Å². The van der Waals surface area contributed by atoms with E-state index >= 15 is 0 Å². The standard InChI is InChI=1S/C23H22FN5O3S/c24-17-10-8-15(9-11-17)13-25-19(30)16-5-4-12-29(14-16)23(32)22-28-27-21(33-22)20(31)26-18-6-2-1-3-7-18/h1-3,6-11,16H,4-5,12-14H2,(H,25,30)(H,26,31). The fourth-order valence-corrected chi connectivity index (χ4v) is 4.26. The molecule has 1 atom stereocenters. The largest absolute Gasteiger partial charge is 0.352 e. The highest BCUT2D eigenvalue weighted by molar-refractivity contribution is 7.15. The Hall–Kier alpha value is -3.66. The molecule has 170 valence electrons. The minimum Gasteiger partial charge on any atom is -0.352 e. The molecule has 2 N–H and O–H groups in total. The van der Waals surface area contributed by atoms with E-state index in [4.69, 9.17) is 0 Å². The maximum Gasteiger partial charge on any atom is 0.286 e. The van der Waals surface area contributed by atoms with Crippen molar-refractivity contribution in [2.24, 2.45) is 5.92 Å². The maximum absolute atomic E-state index is 13.0. The predicted molar refractivity (Wildman–Crippen MR) is 121 cm³/mol. The lowest BCUT2D eigenvalue weighted by atomic mass is 9.97. The van der Waals surface area contributed by atoms with Gasteiger partial charge >= 0.3 is 0 Å². The van der Waals surface area contributed by atoms with Gasteiger partial charge in [0.2, 0.25) is 15.9 Å². The van der Waals surface area contributed by atoms with Crippen molar-refractivity contribution in [3.63, 3.8) is 0 Å². The Kier molecular flexibility index (Phi) is 7.04. The third-order valence-corrected chi connectivity index (χ3v) is 6.20. The van der Waals surface area contributed by atoms with Crippen LogP contribution < -0.4 is 10.6 Å². The van der Waals surface area contributed by atoms with Gasteiger partial charge in [-0.25, -0.2) is 4.39 Å². The molecule has 1 fully saturated rings. The van der Waals surface area contributed by atoms with Crippen LogP contribution in [0.5, 0.6) is 0 Å².